The Bertz CT molecular complexity index is 601. The number of benzene rings is 1. The summed E-state index contributed by atoms with van der Waals surface area (Å²) in [5.41, 5.74) is 8.25. The van der Waals surface area contributed by atoms with Crippen LogP contribution in [0.5, 0.6) is 0 Å². The molecule has 1 aliphatic rings. The Morgan fingerprint density at radius 3 is 2.50 bits per heavy atom. The van der Waals surface area contributed by atoms with Gasteiger partial charge in [-0.25, -0.2) is 4.98 Å². The van der Waals surface area contributed by atoms with Crippen LogP contribution in [0.3, 0.4) is 0 Å². The van der Waals surface area contributed by atoms with Crippen molar-refractivity contribution in [2.75, 3.05) is 5.73 Å². The minimum absolute atomic E-state index is 0.451. The third-order valence-electron chi connectivity index (χ3n) is 4.73. The molecule has 0 unspecified atom stereocenters. The second-order valence-electron chi connectivity index (χ2n) is 7.19. The van der Waals surface area contributed by atoms with Gasteiger partial charge in [-0.05, 0) is 55.2 Å². The highest BCUT2D eigenvalue weighted by molar-refractivity contribution is 7.18. The van der Waals surface area contributed by atoms with Crippen LogP contribution >= 0.6 is 11.3 Å². The summed E-state index contributed by atoms with van der Waals surface area (Å²) >= 11 is 1.84. The Hall–Kier alpha value is -1.09. The fraction of sp³-hybridized carbons (Fsp3) is 0.588. The van der Waals surface area contributed by atoms with Gasteiger partial charge in [-0.1, -0.05) is 20.8 Å². The number of hydrogen-bond acceptors (Lipinski definition) is 3. The Morgan fingerprint density at radius 1 is 1.15 bits per heavy atom. The topological polar surface area (TPSA) is 38.9 Å². The SMILES string of the molecule is CC(C)(C)C1CCC(c2nc3ccc(N)cc3s2)CC1. The molecule has 1 aromatic carbocycles. The molecule has 108 valence electrons. The van der Waals surface area contributed by atoms with Crippen molar-refractivity contribution in [3.63, 3.8) is 0 Å². The highest BCUT2D eigenvalue weighted by Crippen LogP contribution is 2.44. The van der Waals surface area contributed by atoms with Gasteiger partial charge in [0.15, 0.2) is 0 Å². The molecular weight excluding hydrogens is 264 g/mol. The number of nitrogens with zero attached hydrogens (tertiary/aromatic N) is 1. The van der Waals surface area contributed by atoms with Crippen molar-refractivity contribution in [3.8, 4) is 0 Å². The van der Waals surface area contributed by atoms with E-state index in [2.05, 4.69) is 26.8 Å². The summed E-state index contributed by atoms with van der Waals surface area (Å²) in [6, 6.07) is 6.05. The molecule has 2 aromatic rings. The summed E-state index contributed by atoms with van der Waals surface area (Å²) in [5, 5.41) is 1.32. The lowest BCUT2D eigenvalue weighted by Crippen LogP contribution is -2.25. The summed E-state index contributed by atoms with van der Waals surface area (Å²) in [5.74, 6) is 1.52. The molecule has 1 fully saturated rings. The average Bonchev–Trinajstić information content (AvgIpc) is 2.80. The molecule has 2 N–H and O–H groups in total. The first-order valence-electron chi connectivity index (χ1n) is 7.59. The predicted octanol–water partition coefficient (Wildman–Crippen LogP) is 5.20. The summed E-state index contributed by atoms with van der Waals surface area (Å²) in [4.78, 5) is 4.83. The van der Waals surface area contributed by atoms with Crippen molar-refractivity contribution in [2.24, 2.45) is 11.3 Å². The normalized spacial score (nSPS) is 24.1. The van der Waals surface area contributed by atoms with Crippen LogP contribution in [0.1, 0.15) is 57.4 Å². The van der Waals surface area contributed by atoms with E-state index in [0.29, 0.717) is 11.3 Å². The first-order chi connectivity index (χ1) is 9.43. The van der Waals surface area contributed by atoms with E-state index in [4.69, 9.17) is 10.7 Å². The van der Waals surface area contributed by atoms with Crippen molar-refractivity contribution in [1.82, 2.24) is 4.98 Å². The van der Waals surface area contributed by atoms with E-state index in [1.54, 1.807) is 0 Å². The third-order valence-corrected chi connectivity index (χ3v) is 5.91. The van der Waals surface area contributed by atoms with Gasteiger partial charge in [-0.15, -0.1) is 11.3 Å². The van der Waals surface area contributed by atoms with Crippen LogP contribution in [-0.2, 0) is 0 Å². The van der Waals surface area contributed by atoms with Crippen LogP contribution in [0.25, 0.3) is 10.2 Å². The maximum absolute atomic E-state index is 5.86. The molecule has 0 saturated heterocycles. The lowest BCUT2D eigenvalue weighted by atomic mass is 9.70. The smallest absolute Gasteiger partial charge is 0.0969 e. The van der Waals surface area contributed by atoms with E-state index in [1.807, 2.05) is 23.5 Å². The van der Waals surface area contributed by atoms with Gasteiger partial charge in [0.25, 0.3) is 0 Å². The van der Waals surface area contributed by atoms with Crippen molar-refractivity contribution in [1.29, 1.82) is 0 Å². The van der Waals surface area contributed by atoms with Crippen molar-refractivity contribution < 1.29 is 0 Å². The van der Waals surface area contributed by atoms with Gasteiger partial charge in [0.05, 0.1) is 15.2 Å². The van der Waals surface area contributed by atoms with E-state index in [1.165, 1.54) is 35.4 Å². The molecule has 0 bridgehead atoms. The van der Waals surface area contributed by atoms with Crippen molar-refractivity contribution in [3.05, 3.63) is 23.2 Å². The fourth-order valence-electron chi connectivity index (χ4n) is 3.34. The zero-order valence-electron chi connectivity index (χ0n) is 12.6. The van der Waals surface area contributed by atoms with E-state index in [-0.39, 0.29) is 0 Å². The van der Waals surface area contributed by atoms with Gasteiger partial charge >= 0.3 is 0 Å². The first-order valence-corrected chi connectivity index (χ1v) is 8.41. The van der Waals surface area contributed by atoms with Crippen molar-refractivity contribution >= 4 is 27.2 Å². The van der Waals surface area contributed by atoms with Gasteiger partial charge in [0.1, 0.15) is 0 Å². The molecule has 0 atom stereocenters. The Labute approximate surface area is 125 Å². The number of anilines is 1. The minimum Gasteiger partial charge on any atom is -0.399 e. The number of thiazole rings is 1. The standard InChI is InChI=1S/C17H24N2S/c1-17(2,3)12-6-4-11(5-7-12)16-19-14-9-8-13(18)10-15(14)20-16/h8-12H,4-7,18H2,1-3H3. The summed E-state index contributed by atoms with van der Waals surface area (Å²) < 4.78 is 1.23. The summed E-state index contributed by atoms with van der Waals surface area (Å²) in [6.07, 6.45) is 5.26. The third kappa shape index (κ3) is 2.69. The number of aromatic nitrogens is 1. The van der Waals surface area contributed by atoms with Crippen LogP contribution in [0.4, 0.5) is 5.69 Å². The Balaban J connectivity index is 1.76. The molecule has 0 aliphatic heterocycles. The van der Waals surface area contributed by atoms with Crippen LogP contribution in [0, 0.1) is 11.3 Å². The fourth-order valence-corrected chi connectivity index (χ4v) is 4.52. The quantitative estimate of drug-likeness (QED) is 0.733. The monoisotopic (exact) mass is 288 g/mol. The molecule has 1 aromatic heterocycles. The maximum Gasteiger partial charge on any atom is 0.0969 e. The molecular formula is C17H24N2S. The van der Waals surface area contributed by atoms with Gasteiger partial charge in [-0.3, -0.25) is 0 Å². The largest absolute Gasteiger partial charge is 0.399 e. The Kier molecular flexibility index (Phi) is 3.49. The summed E-state index contributed by atoms with van der Waals surface area (Å²) in [6.45, 7) is 7.12. The zero-order chi connectivity index (χ0) is 14.3. The van der Waals surface area contributed by atoms with Gasteiger partial charge < -0.3 is 5.73 Å². The van der Waals surface area contributed by atoms with Crippen molar-refractivity contribution in [2.45, 2.75) is 52.4 Å². The molecule has 1 heterocycles. The van der Waals surface area contributed by atoms with Gasteiger partial charge in [-0.2, -0.15) is 0 Å². The maximum atomic E-state index is 5.86. The minimum atomic E-state index is 0.451. The lowest BCUT2D eigenvalue weighted by molar-refractivity contribution is 0.169. The average molecular weight is 288 g/mol. The number of nitrogen functional groups attached to an aromatic ring is 1. The van der Waals surface area contributed by atoms with E-state index >= 15 is 0 Å². The molecule has 20 heavy (non-hydrogen) atoms. The first kappa shape index (κ1) is 13.9. The molecule has 2 nitrogen and oxygen atoms in total. The van der Waals surface area contributed by atoms with Gasteiger partial charge in [0, 0.05) is 11.6 Å². The second kappa shape index (κ2) is 5.03. The summed E-state index contributed by atoms with van der Waals surface area (Å²) in [7, 11) is 0. The highest BCUT2D eigenvalue weighted by Gasteiger charge is 2.31. The molecule has 1 aliphatic carbocycles. The van der Waals surface area contributed by atoms with Crippen LogP contribution in [-0.4, -0.2) is 4.98 Å². The number of hydrogen-bond donors (Lipinski definition) is 1. The number of fused-ring (bicyclic) bond motifs is 1. The number of nitrogens with two attached hydrogens (primary N) is 1. The number of rotatable bonds is 1. The predicted molar refractivity (Wildman–Crippen MR) is 88.2 cm³/mol. The molecule has 0 amide bonds. The zero-order valence-corrected chi connectivity index (χ0v) is 13.5. The molecule has 0 radical (unpaired) electrons. The molecule has 0 spiro atoms. The molecule has 3 heteroatoms. The van der Waals surface area contributed by atoms with Gasteiger partial charge in [0.2, 0.25) is 0 Å². The van der Waals surface area contributed by atoms with E-state index < -0.39 is 0 Å². The van der Waals surface area contributed by atoms with Crippen LogP contribution < -0.4 is 5.73 Å². The van der Waals surface area contributed by atoms with Crippen LogP contribution in [0.15, 0.2) is 18.2 Å². The molecule has 1 saturated carbocycles. The van der Waals surface area contributed by atoms with E-state index in [0.717, 1.165) is 17.1 Å². The van der Waals surface area contributed by atoms with Crippen LogP contribution in [0.2, 0.25) is 0 Å². The highest BCUT2D eigenvalue weighted by atomic mass is 32.1. The molecule has 3 rings (SSSR count). The lowest BCUT2D eigenvalue weighted by Gasteiger charge is -2.36. The van der Waals surface area contributed by atoms with E-state index in [9.17, 15) is 0 Å². The second-order valence-corrected chi connectivity index (χ2v) is 8.26. The Morgan fingerprint density at radius 2 is 1.85 bits per heavy atom.